The highest BCUT2D eigenvalue weighted by Crippen LogP contribution is 2.20. The number of sulfone groups is 1. The topological polar surface area (TPSA) is 103 Å². The maximum atomic E-state index is 12.8. The second-order valence-electron chi connectivity index (χ2n) is 7.85. The number of carbonyl (C=O) groups excluding carboxylic acids is 2. The first-order chi connectivity index (χ1) is 15.3. The smallest absolute Gasteiger partial charge is 0.326 e. The summed E-state index contributed by atoms with van der Waals surface area (Å²) in [7, 11) is -3.13. The molecule has 1 aromatic heterocycles. The summed E-state index contributed by atoms with van der Waals surface area (Å²) in [5.74, 6) is -1.03. The minimum absolute atomic E-state index is 0.0596. The lowest BCUT2D eigenvalue weighted by atomic mass is 10.1. The number of aromatic nitrogens is 1. The molecule has 4 rings (SSSR count). The van der Waals surface area contributed by atoms with Gasteiger partial charge in [0.1, 0.15) is 6.54 Å². The van der Waals surface area contributed by atoms with Crippen molar-refractivity contribution in [3.63, 3.8) is 0 Å². The number of hydrogen-bond donors (Lipinski definition) is 0. The first-order valence-corrected chi connectivity index (χ1v) is 12.3. The highest BCUT2D eigenvalue weighted by atomic mass is 32.2. The third-order valence-electron chi connectivity index (χ3n) is 5.83. The van der Waals surface area contributed by atoms with Crippen LogP contribution in [0.5, 0.6) is 0 Å². The van der Waals surface area contributed by atoms with Gasteiger partial charge in [-0.15, -0.1) is 0 Å². The summed E-state index contributed by atoms with van der Waals surface area (Å²) in [6.45, 7) is 1.48. The van der Waals surface area contributed by atoms with Gasteiger partial charge in [-0.05, 0) is 37.6 Å². The Morgan fingerprint density at radius 3 is 2.19 bits per heavy atom. The van der Waals surface area contributed by atoms with Crippen LogP contribution in [0.3, 0.4) is 0 Å². The van der Waals surface area contributed by atoms with Crippen molar-refractivity contribution in [3.05, 3.63) is 58.8 Å². The SMILES string of the molecule is CCN(C(=O)COC(=O)Cn1c2ccccc2c(=O)c2ccccc21)C1CCS(=O)(=O)C1. The van der Waals surface area contributed by atoms with Gasteiger partial charge in [-0.2, -0.15) is 0 Å². The average Bonchev–Trinajstić information content (AvgIpc) is 3.15. The summed E-state index contributed by atoms with van der Waals surface area (Å²) >= 11 is 0. The van der Waals surface area contributed by atoms with Crippen LogP contribution in [0.15, 0.2) is 53.3 Å². The number of likely N-dealkylation sites (N-methyl/N-ethyl adjacent to an activating group) is 1. The molecule has 2 aromatic carbocycles. The summed E-state index contributed by atoms with van der Waals surface area (Å²) in [5, 5.41) is 0.990. The highest BCUT2D eigenvalue weighted by Gasteiger charge is 2.34. The van der Waals surface area contributed by atoms with Gasteiger partial charge >= 0.3 is 5.97 Å². The lowest BCUT2D eigenvalue weighted by Gasteiger charge is -2.26. The van der Waals surface area contributed by atoms with Gasteiger partial charge in [0.15, 0.2) is 21.9 Å². The minimum Gasteiger partial charge on any atom is -0.454 e. The number of amides is 1. The van der Waals surface area contributed by atoms with Crippen molar-refractivity contribution in [3.8, 4) is 0 Å². The van der Waals surface area contributed by atoms with E-state index in [1.54, 1.807) is 60.0 Å². The zero-order valence-corrected chi connectivity index (χ0v) is 18.5. The van der Waals surface area contributed by atoms with Crippen LogP contribution < -0.4 is 5.43 Å². The number of para-hydroxylation sites is 2. The van der Waals surface area contributed by atoms with Gasteiger partial charge in [0.05, 0.1) is 22.5 Å². The normalized spacial score (nSPS) is 17.5. The molecule has 8 nitrogen and oxygen atoms in total. The molecule has 3 aromatic rings. The molecule has 1 aliphatic heterocycles. The monoisotopic (exact) mass is 456 g/mol. The second kappa shape index (κ2) is 8.74. The number of benzene rings is 2. The number of fused-ring (bicyclic) bond motifs is 2. The predicted molar refractivity (Wildman–Crippen MR) is 121 cm³/mol. The molecule has 1 amide bonds. The molecule has 1 unspecified atom stereocenters. The predicted octanol–water partition coefficient (Wildman–Crippen LogP) is 1.73. The molecular formula is C23H24N2O6S. The van der Waals surface area contributed by atoms with Gasteiger partial charge in [0, 0.05) is 23.4 Å². The molecule has 0 bridgehead atoms. The number of pyridine rings is 1. The standard InChI is InChI=1S/C23H24N2O6S/c1-2-24(16-11-12-32(29,30)15-16)21(26)14-31-22(27)13-25-19-9-5-3-7-17(19)23(28)18-8-4-6-10-20(18)25/h3-10,16H,2,11-15H2,1H3. The number of hydrogen-bond acceptors (Lipinski definition) is 6. The van der Waals surface area contributed by atoms with Gasteiger partial charge in [0.2, 0.25) is 0 Å². The lowest BCUT2D eigenvalue weighted by molar-refractivity contribution is -0.153. The molecule has 9 heteroatoms. The summed E-state index contributed by atoms with van der Waals surface area (Å²) in [6, 6.07) is 13.7. The van der Waals surface area contributed by atoms with Gasteiger partial charge in [-0.3, -0.25) is 14.4 Å². The molecule has 0 saturated carbocycles. The van der Waals surface area contributed by atoms with Crippen molar-refractivity contribution < 1.29 is 22.7 Å². The molecule has 1 fully saturated rings. The van der Waals surface area contributed by atoms with Crippen LogP contribution in [0.4, 0.5) is 0 Å². The van der Waals surface area contributed by atoms with Crippen molar-refractivity contribution in [1.82, 2.24) is 9.47 Å². The van der Waals surface area contributed by atoms with Crippen LogP contribution >= 0.6 is 0 Å². The molecule has 0 spiro atoms. The highest BCUT2D eigenvalue weighted by molar-refractivity contribution is 7.91. The van der Waals surface area contributed by atoms with Crippen LogP contribution in [-0.4, -0.2) is 60.5 Å². The molecule has 2 heterocycles. The Bertz CT molecular complexity index is 1300. The van der Waals surface area contributed by atoms with Gasteiger partial charge in [-0.1, -0.05) is 24.3 Å². The van der Waals surface area contributed by atoms with Crippen LogP contribution in [0.25, 0.3) is 21.8 Å². The summed E-state index contributed by atoms with van der Waals surface area (Å²) in [6.07, 6.45) is 0.394. The summed E-state index contributed by atoms with van der Waals surface area (Å²) < 4.78 is 30.4. The molecule has 32 heavy (non-hydrogen) atoms. The Morgan fingerprint density at radius 1 is 1.06 bits per heavy atom. The van der Waals surface area contributed by atoms with E-state index in [4.69, 9.17) is 4.74 Å². The number of nitrogens with zero attached hydrogens (tertiary/aromatic N) is 2. The number of ether oxygens (including phenoxy) is 1. The van der Waals surface area contributed by atoms with Gasteiger partial charge in [-0.25, -0.2) is 8.42 Å². The van der Waals surface area contributed by atoms with Gasteiger partial charge < -0.3 is 14.2 Å². The number of esters is 1. The third kappa shape index (κ3) is 4.25. The van der Waals surface area contributed by atoms with E-state index in [-0.39, 0.29) is 29.5 Å². The quantitative estimate of drug-likeness (QED) is 0.414. The first-order valence-electron chi connectivity index (χ1n) is 10.5. The fourth-order valence-corrected chi connectivity index (χ4v) is 6.04. The van der Waals surface area contributed by atoms with Crippen LogP contribution in [0, 0.1) is 0 Å². The fraction of sp³-hybridized carbons (Fsp3) is 0.348. The Balaban J connectivity index is 1.53. The molecule has 0 radical (unpaired) electrons. The molecule has 1 atom stereocenters. The number of carbonyl (C=O) groups is 2. The first kappa shape index (κ1) is 22.0. The van der Waals surface area contributed by atoms with Crippen molar-refractivity contribution >= 4 is 43.5 Å². The van der Waals surface area contributed by atoms with Crippen molar-refractivity contribution in [2.45, 2.75) is 25.9 Å². The Kier molecular flexibility index (Phi) is 6.01. The second-order valence-corrected chi connectivity index (χ2v) is 10.1. The van der Waals surface area contributed by atoms with E-state index in [9.17, 15) is 22.8 Å². The van der Waals surface area contributed by atoms with Crippen molar-refractivity contribution in [2.24, 2.45) is 0 Å². The van der Waals surface area contributed by atoms with Crippen LogP contribution in [0.2, 0.25) is 0 Å². The van der Waals surface area contributed by atoms with E-state index in [1.807, 2.05) is 0 Å². The van der Waals surface area contributed by atoms with Crippen LogP contribution in [0.1, 0.15) is 13.3 Å². The van der Waals surface area contributed by atoms with Crippen molar-refractivity contribution in [1.29, 1.82) is 0 Å². The van der Waals surface area contributed by atoms with E-state index >= 15 is 0 Å². The molecule has 0 N–H and O–H groups in total. The summed E-state index contributed by atoms with van der Waals surface area (Å²) in [4.78, 5) is 39.5. The average molecular weight is 457 g/mol. The summed E-state index contributed by atoms with van der Waals surface area (Å²) in [5.41, 5.74) is 1.10. The zero-order chi connectivity index (χ0) is 22.9. The molecule has 168 valence electrons. The molecule has 0 aliphatic carbocycles. The maximum absolute atomic E-state index is 12.8. The van der Waals surface area contributed by atoms with E-state index < -0.39 is 28.3 Å². The van der Waals surface area contributed by atoms with E-state index in [2.05, 4.69) is 0 Å². The Labute approximate surface area is 185 Å². The Morgan fingerprint density at radius 2 is 1.66 bits per heavy atom. The van der Waals surface area contributed by atoms with E-state index in [1.165, 1.54) is 4.90 Å². The number of rotatable bonds is 6. The largest absolute Gasteiger partial charge is 0.454 e. The molecule has 1 saturated heterocycles. The van der Waals surface area contributed by atoms with Crippen LogP contribution in [-0.2, 0) is 30.7 Å². The van der Waals surface area contributed by atoms with Gasteiger partial charge in [0.25, 0.3) is 5.91 Å². The third-order valence-corrected chi connectivity index (χ3v) is 7.58. The van der Waals surface area contributed by atoms with E-state index in [0.717, 1.165) is 0 Å². The Hall–Kier alpha value is -3.20. The van der Waals surface area contributed by atoms with Crippen molar-refractivity contribution in [2.75, 3.05) is 24.7 Å². The maximum Gasteiger partial charge on any atom is 0.326 e. The molecule has 1 aliphatic rings. The fourth-order valence-electron chi connectivity index (χ4n) is 4.31. The zero-order valence-electron chi connectivity index (χ0n) is 17.7. The minimum atomic E-state index is -3.13. The van der Waals surface area contributed by atoms with E-state index in [0.29, 0.717) is 34.8 Å². The molecular weight excluding hydrogens is 432 g/mol. The lowest BCUT2D eigenvalue weighted by Crippen LogP contribution is -2.43.